The summed E-state index contributed by atoms with van der Waals surface area (Å²) in [6.45, 7) is 11.7. The summed E-state index contributed by atoms with van der Waals surface area (Å²) in [7, 11) is 0. The van der Waals surface area contributed by atoms with E-state index in [0.717, 1.165) is 12.4 Å². The van der Waals surface area contributed by atoms with Crippen LogP contribution in [0.1, 0.15) is 33.4 Å². The van der Waals surface area contributed by atoms with E-state index in [0.29, 0.717) is 5.65 Å². The van der Waals surface area contributed by atoms with Gasteiger partial charge in [0.05, 0.1) is 0 Å². The van der Waals surface area contributed by atoms with E-state index >= 15 is 0 Å². The maximum Gasteiger partial charge on any atom is 0.200 e. The van der Waals surface area contributed by atoms with Crippen LogP contribution in [0.15, 0.2) is 12.1 Å². The topological polar surface area (TPSA) is 68.0 Å². The van der Waals surface area contributed by atoms with Crippen LogP contribution in [0, 0.1) is 34.6 Å². The highest BCUT2D eigenvalue weighted by atomic mass is 15.6. The summed E-state index contributed by atoms with van der Waals surface area (Å²) in [5, 5.41) is 19.0. The van der Waals surface area contributed by atoms with Crippen molar-refractivity contribution in [2.45, 2.75) is 41.2 Å². The fourth-order valence-electron chi connectivity index (χ4n) is 2.77. The lowest BCUT2D eigenvalue weighted by Crippen LogP contribution is -2.10. The van der Waals surface area contributed by atoms with Gasteiger partial charge in [0.2, 0.25) is 0 Å². The first-order chi connectivity index (χ1) is 10.5. The molecule has 3 rings (SSSR count). The molecule has 0 amide bonds. The molecule has 0 aliphatic carbocycles. The fourth-order valence-corrected chi connectivity index (χ4v) is 2.77. The molecule has 0 bridgehead atoms. The molecule has 6 nitrogen and oxygen atoms in total. The van der Waals surface area contributed by atoms with Crippen LogP contribution in [0.3, 0.4) is 0 Å². The highest BCUT2D eigenvalue weighted by Gasteiger charge is 2.12. The van der Waals surface area contributed by atoms with Gasteiger partial charge in [0.25, 0.3) is 0 Å². The standard InChI is InChI=1S/C16H20N6/c1-9-10(2)12(4)14(13(5)11(9)3)8-17-15-6-7-16-18-20-21-22(16)19-15/h6-7H,8H2,1-5H3,(H,17,19). The second-order valence-corrected chi connectivity index (χ2v) is 5.70. The van der Waals surface area contributed by atoms with Crippen molar-refractivity contribution >= 4 is 11.5 Å². The molecule has 0 spiro atoms. The molecule has 0 atom stereocenters. The highest BCUT2D eigenvalue weighted by Crippen LogP contribution is 2.26. The third kappa shape index (κ3) is 2.30. The normalized spacial score (nSPS) is 11.1. The predicted molar refractivity (Wildman–Crippen MR) is 86.0 cm³/mol. The van der Waals surface area contributed by atoms with E-state index in [9.17, 15) is 0 Å². The average molecular weight is 296 g/mol. The molecule has 0 fully saturated rings. The Hall–Kier alpha value is -2.50. The minimum atomic E-state index is 0.639. The molecule has 6 heteroatoms. The van der Waals surface area contributed by atoms with Crippen LogP contribution in [0.5, 0.6) is 0 Å². The maximum absolute atomic E-state index is 4.34. The molecule has 0 aliphatic heterocycles. The molecule has 0 saturated heterocycles. The Kier molecular flexibility index (Phi) is 3.52. The number of benzene rings is 1. The van der Waals surface area contributed by atoms with Gasteiger partial charge >= 0.3 is 0 Å². The first-order valence-corrected chi connectivity index (χ1v) is 7.34. The minimum absolute atomic E-state index is 0.639. The summed E-state index contributed by atoms with van der Waals surface area (Å²) in [5.41, 5.74) is 8.77. The molecule has 2 heterocycles. The van der Waals surface area contributed by atoms with Gasteiger partial charge in [-0.15, -0.1) is 14.8 Å². The SMILES string of the molecule is Cc1c(C)c(C)c(CNc2ccc3nnnn3n2)c(C)c1C. The second-order valence-electron chi connectivity index (χ2n) is 5.70. The fraction of sp³-hybridized carbons (Fsp3) is 0.375. The lowest BCUT2D eigenvalue weighted by Gasteiger charge is -2.19. The van der Waals surface area contributed by atoms with Gasteiger partial charge in [-0.3, -0.25) is 0 Å². The van der Waals surface area contributed by atoms with E-state index in [-0.39, 0.29) is 0 Å². The predicted octanol–water partition coefficient (Wildman–Crippen LogP) is 2.67. The Balaban J connectivity index is 1.90. The molecule has 1 aromatic carbocycles. The Labute approximate surface area is 129 Å². The molecule has 0 radical (unpaired) electrons. The van der Waals surface area contributed by atoms with Crippen LogP contribution in [0.2, 0.25) is 0 Å². The quantitative estimate of drug-likeness (QED) is 0.805. The zero-order valence-corrected chi connectivity index (χ0v) is 13.6. The van der Waals surface area contributed by atoms with E-state index < -0.39 is 0 Å². The van der Waals surface area contributed by atoms with Gasteiger partial charge in [-0.1, -0.05) is 0 Å². The first kappa shape index (κ1) is 14.4. The number of rotatable bonds is 3. The van der Waals surface area contributed by atoms with Gasteiger partial charge in [-0.25, -0.2) is 0 Å². The van der Waals surface area contributed by atoms with Gasteiger partial charge in [0.1, 0.15) is 5.82 Å². The average Bonchev–Trinajstić information content (AvgIpc) is 2.98. The van der Waals surface area contributed by atoms with Crippen molar-refractivity contribution in [2.24, 2.45) is 0 Å². The molecule has 114 valence electrons. The highest BCUT2D eigenvalue weighted by molar-refractivity contribution is 5.51. The van der Waals surface area contributed by atoms with Crippen LogP contribution in [0.4, 0.5) is 5.82 Å². The van der Waals surface area contributed by atoms with Crippen LogP contribution >= 0.6 is 0 Å². The van der Waals surface area contributed by atoms with Crippen LogP contribution < -0.4 is 5.32 Å². The number of anilines is 1. The third-order valence-corrected chi connectivity index (χ3v) is 4.67. The van der Waals surface area contributed by atoms with Crippen molar-refractivity contribution in [3.63, 3.8) is 0 Å². The van der Waals surface area contributed by atoms with E-state index in [1.807, 2.05) is 12.1 Å². The van der Waals surface area contributed by atoms with Gasteiger partial charge in [-0.05, 0) is 90.6 Å². The van der Waals surface area contributed by atoms with Crippen molar-refractivity contribution in [1.82, 2.24) is 25.3 Å². The van der Waals surface area contributed by atoms with Gasteiger partial charge in [0.15, 0.2) is 5.65 Å². The first-order valence-electron chi connectivity index (χ1n) is 7.34. The Bertz CT molecular complexity index is 820. The number of nitrogens with one attached hydrogen (secondary N) is 1. The van der Waals surface area contributed by atoms with E-state index in [1.54, 1.807) is 0 Å². The van der Waals surface area contributed by atoms with Crippen LogP contribution in [0.25, 0.3) is 5.65 Å². The number of aromatic nitrogens is 5. The largest absolute Gasteiger partial charge is 0.364 e. The van der Waals surface area contributed by atoms with Crippen molar-refractivity contribution in [3.8, 4) is 0 Å². The van der Waals surface area contributed by atoms with Crippen LogP contribution in [-0.4, -0.2) is 25.3 Å². The summed E-state index contributed by atoms with van der Waals surface area (Å²) in [4.78, 5) is 0. The molecule has 0 unspecified atom stereocenters. The molecular weight excluding hydrogens is 276 g/mol. The summed E-state index contributed by atoms with van der Waals surface area (Å²) in [6.07, 6.45) is 0. The molecule has 1 N–H and O–H groups in total. The van der Waals surface area contributed by atoms with Crippen molar-refractivity contribution in [1.29, 1.82) is 0 Å². The number of hydrogen-bond donors (Lipinski definition) is 1. The van der Waals surface area contributed by atoms with Gasteiger partial charge in [0, 0.05) is 6.54 Å². The maximum atomic E-state index is 4.34. The molecule has 0 aliphatic rings. The lowest BCUT2D eigenvalue weighted by atomic mass is 9.89. The van der Waals surface area contributed by atoms with Crippen molar-refractivity contribution < 1.29 is 0 Å². The number of hydrogen-bond acceptors (Lipinski definition) is 5. The lowest BCUT2D eigenvalue weighted by molar-refractivity contribution is 0.734. The van der Waals surface area contributed by atoms with E-state index in [1.165, 1.54) is 38.0 Å². The number of fused-ring (bicyclic) bond motifs is 1. The van der Waals surface area contributed by atoms with E-state index in [4.69, 9.17) is 0 Å². The number of nitrogens with zero attached hydrogens (tertiary/aromatic N) is 5. The molecular formula is C16H20N6. The second kappa shape index (κ2) is 5.36. The monoisotopic (exact) mass is 296 g/mol. The minimum Gasteiger partial charge on any atom is -0.364 e. The molecule has 0 saturated carbocycles. The summed E-state index contributed by atoms with van der Waals surface area (Å²) in [5.74, 6) is 0.759. The van der Waals surface area contributed by atoms with Crippen molar-refractivity contribution in [3.05, 3.63) is 45.5 Å². The van der Waals surface area contributed by atoms with Gasteiger partial charge in [-0.2, -0.15) is 0 Å². The third-order valence-electron chi connectivity index (χ3n) is 4.67. The number of tetrazole rings is 1. The summed E-state index contributed by atoms with van der Waals surface area (Å²) < 4.78 is 1.42. The summed E-state index contributed by atoms with van der Waals surface area (Å²) in [6, 6.07) is 3.74. The molecule has 22 heavy (non-hydrogen) atoms. The molecule has 2 aromatic heterocycles. The Morgan fingerprint density at radius 2 is 1.55 bits per heavy atom. The molecule has 3 aromatic rings. The Morgan fingerprint density at radius 1 is 0.909 bits per heavy atom. The van der Waals surface area contributed by atoms with Crippen molar-refractivity contribution in [2.75, 3.05) is 5.32 Å². The smallest absolute Gasteiger partial charge is 0.200 e. The zero-order chi connectivity index (χ0) is 15.9. The summed E-state index contributed by atoms with van der Waals surface area (Å²) >= 11 is 0. The zero-order valence-electron chi connectivity index (χ0n) is 13.6. The van der Waals surface area contributed by atoms with Crippen LogP contribution in [-0.2, 0) is 6.54 Å². The Morgan fingerprint density at radius 3 is 2.23 bits per heavy atom. The van der Waals surface area contributed by atoms with E-state index in [2.05, 4.69) is 60.6 Å². The van der Waals surface area contributed by atoms with Gasteiger partial charge < -0.3 is 5.32 Å².